The Labute approximate surface area is 107 Å². The van der Waals surface area contributed by atoms with Crippen LogP contribution in [-0.2, 0) is 14.4 Å². The predicted octanol–water partition coefficient (Wildman–Crippen LogP) is -0.385. The number of aliphatic carboxylic acids is 2. The van der Waals surface area contributed by atoms with Gasteiger partial charge in [-0.15, -0.1) is 0 Å². The topological polar surface area (TPSA) is 98.2 Å². The van der Waals surface area contributed by atoms with Gasteiger partial charge in [0.05, 0.1) is 0 Å². The number of hydrogen-bond donors (Lipinski definition) is 2. The van der Waals surface area contributed by atoms with Crippen molar-refractivity contribution in [1.82, 2.24) is 9.80 Å². The molecule has 0 aromatic heterocycles. The maximum atomic E-state index is 11.2. The van der Waals surface area contributed by atoms with E-state index in [4.69, 9.17) is 19.8 Å². The molecule has 0 bridgehead atoms. The van der Waals surface area contributed by atoms with Gasteiger partial charge in [0.25, 0.3) is 0 Å². The molecular formula is C11H22N2O5. The number of rotatable bonds is 6. The number of carboxylic acids is 2. The molecule has 18 heavy (non-hydrogen) atoms. The van der Waals surface area contributed by atoms with Gasteiger partial charge >= 0.3 is 11.9 Å². The zero-order valence-corrected chi connectivity index (χ0v) is 11.3. The Morgan fingerprint density at radius 1 is 0.778 bits per heavy atom. The van der Waals surface area contributed by atoms with Crippen LogP contribution in [0.25, 0.3) is 0 Å². The Hall–Kier alpha value is -1.47. The SMILES string of the molecule is CN(C)CCC(=O)CCN(C)C.O=C(O)C(=O)O. The number of carboxylic acid groups (broad SMARTS) is 2. The van der Waals surface area contributed by atoms with E-state index in [0.717, 1.165) is 13.1 Å². The molecule has 0 fully saturated rings. The number of nitrogens with zero attached hydrogens (tertiary/aromatic N) is 2. The van der Waals surface area contributed by atoms with Crippen LogP contribution >= 0.6 is 0 Å². The zero-order valence-electron chi connectivity index (χ0n) is 11.3. The molecule has 0 radical (unpaired) electrons. The van der Waals surface area contributed by atoms with Crippen LogP contribution in [0.5, 0.6) is 0 Å². The second-order valence-electron chi connectivity index (χ2n) is 4.26. The van der Waals surface area contributed by atoms with Crippen LogP contribution in [0.15, 0.2) is 0 Å². The molecular weight excluding hydrogens is 240 g/mol. The minimum atomic E-state index is -1.82. The summed E-state index contributed by atoms with van der Waals surface area (Å²) in [5, 5.41) is 14.8. The molecule has 0 amide bonds. The normalized spacial score (nSPS) is 9.89. The number of Topliss-reactive ketones (excluding diaryl/α,β-unsaturated/α-hetero) is 1. The first-order chi connectivity index (χ1) is 8.16. The third-order valence-electron chi connectivity index (χ3n) is 1.86. The molecule has 0 unspecified atom stereocenters. The van der Waals surface area contributed by atoms with E-state index in [0.29, 0.717) is 18.6 Å². The van der Waals surface area contributed by atoms with Gasteiger partial charge in [-0.1, -0.05) is 0 Å². The smallest absolute Gasteiger partial charge is 0.414 e. The van der Waals surface area contributed by atoms with E-state index in [-0.39, 0.29) is 0 Å². The van der Waals surface area contributed by atoms with Gasteiger partial charge < -0.3 is 20.0 Å². The largest absolute Gasteiger partial charge is 0.473 e. The fourth-order valence-electron chi connectivity index (χ4n) is 0.822. The maximum absolute atomic E-state index is 11.2. The number of ketones is 1. The molecule has 7 nitrogen and oxygen atoms in total. The van der Waals surface area contributed by atoms with Crippen LogP contribution in [-0.4, -0.2) is 79.0 Å². The van der Waals surface area contributed by atoms with Gasteiger partial charge in [-0.25, -0.2) is 9.59 Å². The zero-order chi connectivity index (χ0) is 14.7. The molecule has 106 valence electrons. The molecule has 0 aliphatic rings. The van der Waals surface area contributed by atoms with Gasteiger partial charge in [0, 0.05) is 25.9 Å². The van der Waals surface area contributed by atoms with Crippen molar-refractivity contribution in [3.05, 3.63) is 0 Å². The van der Waals surface area contributed by atoms with Crippen molar-refractivity contribution in [2.75, 3.05) is 41.3 Å². The first-order valence-corrected chi connectivity index (χ1v) is 5.44. The Morgan fingerprint density at radius 3 is 1.22 bits per heavy atom. The van der Waals surface area contributed by atoms with E-state index in [2.05, 4.69) is 0 Å². The summed E-state index contributed by atoms with van der Waals surface area (Å²) in [6.45, 7) is 1.73. The van der Waals surface area contributed by atoms with Crippen molar-refractivity contribution >= 4 is 17.7 Å². The van der Waals surface area contributed by atoms with Crippen molar-refractivity contribution < 1.29 is 24.6 Å². The molecule has 0 aromatic rings. The third kappa shape index (κ3) is 16.9. The summed E-state index contributed by atoms with van der Waals surface area (Å²) < 4.78 is 0. The van der Waals surface area contributed by atoms with Gasteiger partial charge in [-0.2, -0.15) is 0 Å². The highest BCUT2D eigenvalue weighted by atomic mass is 16.4. The first kappa shape index (κ1) is 18.9. The Balaban J connectivity index is 0. The van der Waals surface area contributed by atoms with Crippen molar-refractivity contribution in [3.63, 3.8) is 0 Å². The van der Waals surface area contributed by atoms with E-state index in [9.17, 15) is 4.79 Å². The lowest BCUT2D eigenvalue weighted by Crippen LogP contribution is -2.20. The third-order valence-corrected chi connectivity index (χ3v) is 1.86. The maximum Gasteiger partial charge on any atom is 0.414 e. The summed E-state index contributed by atoms with van der Waals surface area (Å²) in [6.07, 6.45) is 1.36. The molecule has 0 heterocycles. The minimum Gasteiger partial charge on any atom is -0.473 e. The number of carbonyl (C=O) groups excluding carboxylic acids is 1. The van der Waals surface area contributed by atoms with Crippen LogP contribution in [0, 0.1) is 0 Å². The molecule has 7 heteroatoms. The number of hydrogen-bond acceptors (Lipinski definition) is 5. The summed E-state index contributed by atoms with van der Waals surface area (Å²) in [5.74, 6) is -3.29. The Bertz CT molecular complexity index is 251. The second kappa shape index (κ2) is 10.7. The monoisotopic (exact) mass is 262 g/mol. The lowest BCUT2D eigenvalue weighted by molar-refractivity contribution is -0.159. The summed E-state index contributed by atoms with van der Waals surface area (Å²) in [5.41, 5.74) is 0. The van der Waals surface area contributed by atoms with Crippen LogP contribution in [0.4, 0.5) is 0 Å². The second-order valence-corrected chi connectivity index (χ2v) is 4.26. The van der Waals surface area contributed by atoms with Crippen LogP contribution < -0.4 is 0 Å². The van der Waals surface area contributed by atoms with E-state index < -0.39 is 11.9 Å². The first-order valence-electron chi connectivity index (χ1n) is 5.44. The lowest BCUT2D eigenvalue weighted by atomic mass is 10.2. The molecule has 0 aliphatic heterocycles. The number of carbonyl (C=O) groups is 3. The lowest BCUT2D eigenvalue weighted by Gasteiger charge is -2.10. The molecule has 0 rings (SSSR count). The van der Waals surface area contributed by atoms with Crippen molar-refractivity contribution in [2.24, 2.45) is 0 Å². The molecule has 0 aliphatic carbocycles. The van der Waals surface area contributed by atoms with Crippen LogP contribution in [0.1, 0.15) is 12.8 Å². The minimum absolute atomic E-state index is 0.359. The standard InChI is InChI=1S/C9H20N2O.C2H2O4/c1-10(2)7-5-9(12)6-8-11(3)4;3-1(4)2(5)6/h5-8H2,1-4H3;(H,3,4)(H,5,6). The quantitative estimate of drug-likeness (QED) is 0.629. The molecule has 2 N–H and O–H groups in total. The van der Waals surface area contributed by atoms with Gasteiger partial charge in [-0.3, -0.25) is 4.79 Å². The van der Waals surface area contributed by atoms with E-state index >= 15 is 0 Å². The summed E-state index contributed by atoms with van der Waals surface area (Å²) in [6, 6.07) is 0. The Kier molecular flexibility index (Phi) is 11.2. The van der Waals surface area contributed by atoms with Crippen molar-refractivity contribution in [1.29, 1.82) is 0 Å². The Morgan fingerprint density at radius 2 is 1.06 bits per heavy atom. The summed E-state index contributed by atoms with van der Waals surface area (Å²) in [7, 11) is 7.94. The van der Waals surface area contributed by atoms with Crippen molar-refractivity contribution in [3.8, 4) is 0 Å². The van der Waals surface area contributed by atoms with Crippen LogP contribution in [0.2, 0.25) is 0 Å². The summed E-state index contributed by atoms with van der Waals surface area (Å²) in [4.78, 5) is 33.5. The average molecular weight is 262 g/mol. The van der Waals surface area contributed by atoms with Gasteiger partial charge in [-0.05, 0) is 28.2 Å². The highest BCUT2D eigenvalue weighted by Gasteiger charge is 2.04. The molecule has 0 aromatic carbocycles. The molecule has 0 saturated heterocycles. The van der Waals surface area contributed by atoms with Gasteiger partial charge in [0.1, 0.15) is 5.78 Å². The fourth-order valence-corrected chi connectivity index (χ4v) is 0.822. The fraction of sp³-hybridized carbons (Fsp3) is 0.727. The van der Waals surface area contributed by atoms with Crippen LogP contribution in [0.3, 0.4) is 0 Å². The molecule has 0 saturated carbocycles. The van der Waals surface area contributed by atoms with Gasteiger partial charge in [0.2, 0.25) is 0 Å². The average Bonchev–Trinajstić information content (AvgIpc) is 2.24. The molecule has 0 atom stereocenters. The molecule has 0 spiro atoms. The predicted molar refractivity (Wildman–Crippen MR) is 66.6 cm³/mol. The van der Waals surface area contributed by atoms with E-state index in [1.54, 1.807) is 0 Å². The highest BCUT2D eigenvalue weighted by molar-refractivity contribution is 6.27. The van der Waals surface area contributed by atoms with Crippen molar-refractivity contribution in [2.45, 2.75) is 12.8 Å². The van der Waals surface area contributed by atoms with Gasteiger partial charge in [0.15, 0.2) is 0 Å². The van der Waals surface area contributed by atoms with E-state index in [1.165, 1.54) is 0 Å². The van der Waals surface area contributed by atoms with E-state index in [1.807, 2.05) is 38.0 Å². The highest BCUT2D eigenvalue weighted by Crippen LogP contribution is 1.92. The summed E-state index contributed by atoms with van der Waals surface area (Å²) >= 11 is 0.